The molecule has 0 aliphatic heterocycles. The van der Waals surface area contributed by atoms with Crippen LogP contribution in [0.25, 0.3) is 22.0 Å². The predicted molar refractivity (Wildman–Crippen MR) is 134 cm³/mol. The molecule has 2 atom stereocenters. The maximum absolute atomic E-state index is 12.9. The molecule has 0 bridgehead atoms. The smallest absolute Gasteiger partial charge is 0.326 e. The number of carboxylic acid groups (broad SMARTS) is 1. The molecule has 0 saturated heterocycles. The number of benzene rings is 3. The van der Waals surface area contributed by atoms with E-state index >= 15 is 0 Å². The molecule has 0 fully saturated rings. The third-order valence-electron chi connectivity index (χ3n) is 5.85. The van der Waals surface area contributed by atoms with Crippen LogP contribution in [0.1, 0.15) is 11.1 Å². The van der Waals surface area contributed by atoms with Crippen molar-refractivity contribution in [3.8, 4) is 11.1 Å². The van der Waals surface area contributed by atoms with E-state index < -0.39 is 17.9 Å². The fourth-order valence-electron chi connectivity index (χ4n) is 4.00. The van der Waals surface area contributed by atoms with Crippen LogP contribution in [0.3, 0.4) is 0 Å². The summed E-state index contributed by atoms with van der Waals surface area (Å²) < 4.78 is 0. The van der Waals surface area contributed by atoms with E-state index in [1.807, 2.05) is 66.7 Å². The number of hydrogen-bond donors (Lipinski definition) is 4. The van der Waals surface area contributed by atoms with E-state index in [4.69, 9.17) is 0 Å². The standard InChI is InChI=1S/C27H26N2O3S/c30-26(29-25(27(31)32)15-21-16-28-24-9-5-4-8-23(21)24)22(17-33)14-18-10-12-20(13-11-18)19-6-2-1-3-7-19/h1-13,16,22,25,28,33H,14-15,17H2,(H,29,30)(H,31,32)/t22?,25-/m0/s1. The average Bonchev–Trinajstić information content (AvgIpc) is 3.25. The monoisotopic (exact) mass is 458 g/mol. The van der Waals surface area contributed by atoms with Gasteiger partial charge in [-0.2, -0.15) is 12.6 Å². The summed E-state index contributed by atoms with van der Waals surface area (Å²) in [6.07, 6.45) is 2.50. The largest absolute Gasteiger partial charge is 0.480 e. The third-order valence-corrected chi connectivity index (χ3v) is 6.29. The van der Waals surface area contributed by atoms with Crippen molar-refractivity contribution < 1.29 is 14.7 Å². The summed E-state index contributed by atoms with van der Waals surface area (Å²) in [5.41, 5.74) is 5.05. The van der Waals surface area contributed by atoms with E-state index in [0.29, 0.717) is 12.2 Å². The Kier molecular flexibility index (Phi) is 7.15. The molecule has 6 heteroatoms. The Morgan fingerprint density at radius 2 is 1.55 bits per heavy atom. The summed E-state index contributed by atoms with van der Waals surface area (Å²) in [5.74, 6) is -1.46. The zero-order valence-electron chi connectivity index (χ0n) is 18.1. The molecule has 4 aromatic rings. The number of carbonyl (C=O) groups excluding carboxylic acids is 1. The van der Waals surface area contributed by atoms with Crippen LogP contribution in [0.15, 0.2) is 85.1 Å². The zero-order valence-corrected chi connectivity index (χ0v) is 19.0. The van der Waals surface area contributed by atoms with Gasteiger partial charge in [-0.05, 0) is 34.7 Å². The highest BCUT2D eigenvalue weighted by atomic mass is 32.1. The molecule has 33 heavy (non-hydrogen) atoms. The van der Waals surface area contributed by atoms with Gasteiger partial charge in [0.05, 0.1) is 5.92 Å². The van der Waals surface area contributed by atoms with Crippen molar-refractivity contribution in [3.05, 3.63) is 96.2 Å². The van der Waals surface area contributed by atoms with Crippen molar-refractivity contribution in [1.82, 2.24) is 10.3 Å². The van der Waals surface area contributed by atoms with Gasteiger partial charge < -0.3 is 15.4 Å². The minimum absolute atomic E-state index is 0.205. The lowest BCUT2D eigenvalue weighted by atomic mass is 9.96. The molecule has 1 amide bonds. The number of carbonyl (C=O) groups is 2. The van der Waals surface area contributed by atoms with Crippen molar-refractivity contribution in [2.45, 2.75) is 18.9 Å². The van der Waals surface area contributed by atoms with E-state index in [1.165, 1.54) is 0 Å². The summed E-state index contributed by atoms with van der Waals surface area (Å²) in [6, 6.07) is 24.9. The molecular weight excluding hydrogens is 432 g/mol. The van der Waals surface area contributed by atoms with Crippen LogP contribution in [0.5, 0.6) is 0 Å². The minimum Gasteiger partial charge on any atom is -0.480 e. The first kappa shape index (κ1) is 22.7. The molecule has 3 N–H and O–H groups in total. The van der Waals surface area contributed by atoms with Gasteiger partial charge in [0, 0.05) is 29.3 Å². The number of aromatic nitrogens is 1. The Labute approximate surface area is 198 Å². The third kappa shape index (κ3) is 5.46. The maximum Gasteiger partial charge on any atom is 0.326 e. The molecule has 1 aromatic heterocycles. The molecule has 3 aromatic carbocycles. The maximum atomic E-state index is 12.9. The number of aliphatic carboxylic acids is 1. The van der Waals surface area contributed by atoms with Crippen LogP contribution in [-0.2, 0) is 22.4 Å². The van der Waals surface area contributed by atoms with Crippen molar-refractivity contribution >= 4 is 35.4 Å². The lowest BCUT2D eigenvalue weighted by Crippen LogP contribution is -2.45. The number of rotatable bonds is 9. The lowest BCUT2D eigenvalue weighted by molar-refractivity contribution is -0.142. The van der Waals surface area contributed by atoms with Crippen LogP contribution in [0, 0.1) is 5.92 Å². The van der Waals surface area contributed by atoms with Crippen molar-refractivity contribution in [1.29, 1.82) is 0 Å². The summed E-state index contributed by atoms with van der Waals surface area (Å²) in [4.78, 5) is 28.0. The number of nitrogens with one attached hydrogen (secondary N) is 2. The Morgan fingerprint density at radius 1 is 0.879 bits per heavy atom. The van der Waals surface area contributed by atoms with Gasteiger partial charge in [0.2, 0.25) is 5.91 Å². The van der Waals surface area contributed by atoms with Crippen molar-refractivity contribution in [2.75, 3.05) is 5.75 Å². The predicted octanol–water partition coefficient (Wildman–Crippen LogP) is 4.74. The van der Waals surface area contributed by atoms with E-state index in [2.05, 4.69) is 35.1 Å². The normalized spacial score (nSPS) is 12.9. The highest BCUT2D eigenvalue weighted by Crippen LogP contribution is 2.22. The zero-order chi connectivity index (χ0) is 23.2. The molecule has 4 rings (SSSR count). The molecule has 0 saturated carbocycles. The second kappa shape index (κ2) is 10.4. The first-order valence-electron chi connectivity index (χ1n) is 10.9. The number of para-hydroxylation sites is 1. The van der Waals surface area contributed by atoms with Crippen LogP contribution in [-0.4, -0.2) is 33.8 Å². The Balaban J connectivity index is 1.43. The molecule has 168 valence electrons. The van der Waals surface area contributed by atoms with Gasteiger partial charge in [0.25, 0.3) is 0 Å². The van der Waals surface area contributed by atoms with Crippen LogP contribution < -0.4 is 5.32 Å². The van der Waals surface area contributed by atoms with Crippen molar-refractivity contribution in [2.24, 2.45) is 5.92 Å². The Bertz CT molecular complexity index is 1240. The number of H-pyrrole nitrogens is 1. The first-order chi connectivity index (χ1) is 16.0. The number of hydrogen-bond acceptors (Lipinski definition) is 3. The van der Waals surface area contributed by atoms with E-state index in [-0.39, 0.29) is 12.3 Å². The number of aromatic amines is 1. The van der Waals surface area contributed by atoms with Gasteiger partial charge in [0.15, 0.2) is 0 Å². The number of thiol groups is 1. The van der Waals surface area contributed by atoms with Gasteiger partial charge in [-0.1, -0.05) is 72.8 Å². The second-order valence-corrected chi connectivity index (χ2v) is 8.47. The molecular formula is C27H26N2O3S. The highest BCUT2D eigenvalue weighted by Gasteiger charge is 2.26. The molecule has 5 nitrogen and oxygen atoms in total. The number of fused-ring (bicyclic) bond motifs is 1. The first-order valence-corrected chi connectivity index (χ1v) is 11.5. The molecule has 0 spiro atoms. The highest BCUT2D eigenvalue weighted by molar-refractivity contribution is 7.80. The van der Waals surface area contributed by atoms with Gasteiger partial charge in [-0.3, -0.25) is 4.79 Å². The quantitative estimate of drug-likeness (QED) is 0.274. The topological polar surface area (TPSA) is 82.2 Å². The van der Waals surface area contributed by atoms with E-state index in [9.17, 15) is 14.7 Å². The van der Waals surface area contributed by atoms with Gasteiger partial charge >= 0.3 is 5.97 Å². The molecule has 0 aliphatic carbocycles. The number of amides is 1. The fraction of sp³-hybridized carbons (Fsp3) is 0.185. The van der Waals surface area contributed by atoms with Crippen LogP contribution in [0.4, 0.5) is 0 Å². The van der Waals surface area contributed by atoms with Gasteiger partial charge in [-0.25, -0.2) is 4.79 Å². The van der Waals surface area contributed by atoms with Crippen molar-refractivity contribution in [3.63, 3.8) is 0 Å². The SMILES string of the molecule is O=C(N[C@@H](Cc1c[nH]c2ccccc12)C(=O)O)C(CS)Cc1ccc(-c2ccccc2)cc1. The molecule has 0 radical (unpaired) electrons. The lowest BCUT2D eigenvalue weighted by Gasteiger charge is -2.19. The minimum atomic E-state index is -1.06. The Morgan fingerprint density at radius 3 is 2.24 bits per heavy atom. The molecule has 1 heterocycles. The van der Waals surface area contributed by atoms with Gasteiger partial charge in [-0.15, -0.1) is 0 Å². The summed E-state index contributed by atoms with van der Waals surface area (Å²) >= 11 is 4.36. The summed E-state index contributed by atoms with van der Waals surface area (Å²) in [6.45, 7) is 0. The van der Waals surface area contributed by atoms with Crippen LogP contribution in [0.2, 0.25) is 0 Å². The Hall–Kier alpha value is -3.51. The molecule has 0 aliphatic rings. The number of carboxylic acids is 1. The fourth-order valence-corrected chi connectivity index (χ4v) is 4.29. The molecule has 1 unspecified atom stereocenters. The van der Waals surface area contributed by atoms with E-state index in [0.717, 1.165) is 33.2 Å². The average molecular weight is 459 g/mol. The van der Waals surface area contributed by atoms with Crippen LogP contribution >= 0.6 is 12.6 Å². The summed E-state index contributed by atoms with van der Waals surface area (Å²) in [5, 5.41) is 13.4. The summed E-state index contributed by atoms with van der Waals surface area (Å²) in [7, 11) is 0. The van der Waals surface area contributed by atoms with Gasteiger partial charge in [0.1, 0.15) is 6.04 Å². The van der Waals surface area contributed by atoms with E-state index in [1.54, 1.807) is 6.20 Å². The second-order valence-electron chi connectivity index (χ2n) is 8.11.